The molecule has 0 aliphatic heterocycles. The van der Waals surface area contributed by atoms with Gasteiger partial charge in [0.25, 0.3) is 0 Å². The molecule has 0 aromatic heterocycles. The van der Waals surface area contributed by atoms with E-state index in [-0.39, 0.29) is 16.4 Å². The predicted octanol–water partition coefficient (Wildman–Crippen LogP) is 4.75. The number of ether oxygens (including phenoxy) is 1. The molecule has 1 N–H and O–H groups in total. The van der Waals surface area contributed by atoms with Crippen molar-refractivity contribution in [1.29, 1.82) is 0 Å². The van der Waals surface area contributed by atoms with Crippen LogP contribution in [0.25, 0.3) is 0 Å². The van der Waals surface area contributed by atoms with Crippen LogP contribution in [0.2, 0.25) is 10.1 Å². The van der Waals surface area contributed by atoms with Crippen molar-refractivity contribution in [2.24, 2.45) is 21.9 Å². The van der Waals surface area contributed by atoms with Gasteiger partial charge in [0.05, 0.1) is 0 Å². The number of oxime groups is 1. The second-order valence-corrected chi connectivity index (χ2v) is 10.6. The zero-order chi connectivity index (χ0) is 17.6. The summed E-state index contributed by atoms with van der Waals surface area (Å²) in [6.45, 7) is 9.20. The molecule has 2 aliphatic rings. The number of methoxy groups -OCH3 is 1. The normalized spacial score (nSPS) is 35.3. The Balaban J connectivity index is 1.82. The third-order valence-electron chi connectivity index (χ3n) is 6.99. The second kappa shape index (κ2) is 6.16. The molecule has 3 rings (SSSR count). The van der Waals surface area contributed by atoms with Gasteiger partial charge in [-0.1, -0.05) is 0 Å². The molecule has 0 heterocycles. The summed E-state index contributed by atoms with van der Waals surface area (Å²) in [4.78, 5) is 0.425. The van der Waals surface area contributed by atoms with Gasteiger partial charge in [-0.15, -0.1) is 0 Å². The summed E-state index contributed by atoms with van der Waals surface area (Å²) in [5, 5.41) is 14.5. The van der Waals surface area contributed by atoms with Gasteiger partial charge < -0.3 is 0 Å². The van der Waals surface area contributed by atoms with Crippen LogP contribution < -0.4 is 0 Å². The molecule has 4 atom stereocenters. The van der Waals surface area contributed by atoms with E-state index in [2.05, 4.69) is 57.1 Å². The first-order valence-corrected chi connectivity index (χ1v) is 10.9. The number of rotatable bonds is 5. The maximum atomic E-state index is 9.73. The van der Waals surface area contributed by atoms with E-state index in [1.807, 2.05) is 6.07 Å². The topological polar surface area (TPSA) is 41.8 Å². The number of hydrogen-bond donors (Lipinski definition) is 1. The minimum absolute atomic E-state index is 0.0506. The first-order chi connectivity index (χ1) is 11.3. The van der Waals surface area contributed by atoms with Gasteiger partial charge in [-0.2, -0.15) is 0 Å². The first kappa shape index (κ1) is 18.0. The molecule has 0 radical (unpaired) electrons. The molecule has 0 saturated heterocycles. The van der Waals surface area contributed by atoms with E-state index < -0.39 is 0 Å². The summed E-state index contributed by atoms with van der Waals surface area (Å²) in [6, 6.07) is 10.5. The van der Waals surface area contributed by atoms with Crippen molar-refractivity contribution in [2.45, 2.75) is 56.3 Å². The predicted molar refractivity (Wildman–Crippen MR) is 98.9 cm³/mol. The quantitative estimate of drug-likeness (QED) is 0.445. The average molecular weight is 394 g/mol. The number of benzene rings is 1. The van der Waals surface area contributed by atoms with Gasteiger partial charge >= 0.3 is 152 Å². The van der Waals surface area contributed by atoms with Crippen molar-refractivity contribution >= 4 is 20.7 Å². The van der Waals surface area contributed by atoms with E-state index in [9.17, 15) is 5.21 Å². The van der Waals surface area contributed by atoms with Crippen LogP contribution in [-0.2, 0) is 10.3 Å². The molecule has 1 unspecified atom stereocenters. The van der Waals surface area contributed by atoms with Crippen molar-refractivity contribution in [3.63, 3.8) is 0 Å². The molecule has 2 bridgehead atoms. The standard InChI is InChI=1S/C20H29NO2Se/c1-18(2)15-11-12-19(18,3)17(21-22)16(15)24-13-20(4,23-5)14-9-7-6-8-10-14/h6-10,15-16,22H,11-13H2,1-5H3/b21-17-/t15-,16+,19+,20?/m1/s1. The number of fused-ring (bicyclic) bond motifs is 2. The fraction of sp³-hybridized carbons (Fsp3) is 0.650. The molecular weight excluding hydrogens is 365 g/mol. The van der Waals surface area contributed by atoms with Crippen molar-refractivity contribution in [1.82, 2.24) is 0 Å². The van der Waals surface area contributed by atoms with E-state index >= 15 is 0 Å². The van der Waals surface area contributed by atoms with Crippen LogP contribution in [0.5, 0.6) is 0 Å². The monoisotopic (exact) mass is 395 g/mol. The van der Waals surface area contributed by atoms with Crippen molar-refractivity contribution in [2.75, 3.05) is 7.11 Å². The molecule has 132 valence electrons. The number of hydrogen-bond acceptors (Lipinski definition) is 3. The summed E-state index contributed by atoms with van der Waals surface area (Å²) >= 11 is 0.336. The van der Waals surface area contributed by atoms with Gasteiger partial charge in [0.2, 0.25) is 0 Å². The zero-order valence-electron chi connectivity index (χ0n) is 15.4. The van der Waals surface area contributed by atoms with Gasteiger partial charge in [-0.05, 0) is 0 Å². The molecule has 0 spiro atoms. The Morgan fingerprint density at radius 3 is 2.54 bits per heavy atom. The Kier molecular flexibility index (Phi) is 4.61. The van der Waals surface area contributed by atoms with Gasteiger partial charge in [0.1, 0.15) is 0 Å². The van der Waals surface area contributed by atoms with Crippen molar-refractivity contribution in [3.8, 4) is 0 Å². The fourth-order valence-corrected chi connectivity index (χ4v) is 8.79. The molecule has 2 saturated carbocycles. The van der Waals surface area contributed by atoms with Crippen LogP contribution in [-0.4, -0.2) is 33.0 Å². The third kappa shape index (κ3) is 2.46. The summed E-state index contributed by atoms with van der Waals surface area (Å²) in [5.41, 5.74) is 2.28. The molecular formula is C20H29NO2Se. The molecule has 1 aromatic carbocycles. The Labute approximate surface area is 152 Å². The van der Waals surface area contributed by atoms with Crippen LogP contribution >= 0.6 is 0 Å². The minimum atomic E-state index is -0.269. The van der Waals surface area contributed by atoms with E-state index in [1.165, 1.54) is 12.0 Å². The van der Waals surface area contributed by atoms with Crippen LogP contribution in [0, 0.1) is 16.7 Å². The van der Waals surface area contributed by atoms with E-state index in [4.69, 9.17) is 4.74 Å². The molecule has 1 aromatic rings. The Morgan fingerprint density at radius 2 is 1.96 bits per heavy atom. The number of nitrogens with zero attached hydrogens (tertiary/aromatic N) is 1. The van der Waals surface area contributed by atoms with Crippen LogP contribution in [0.15, 0.2) is 35.5 Å². The molecule has 3 nitrogen and oxygen atoms in total. The van der Waals surface area contributed by atoms with Crippen molar-refractivity contribution in [3.05, 3.63) is 35.9 Å². The first-order valence-electron chi connectivity index (χ1n) is 8.75. The van der Waals surface area contributed by atoms with Crippen LogP contribution in [0.1, 0.15) is 46.1 Å². The van der Waals surface area contributed by atoms with Gasteiger partial charge in [0.15, 0.2) is 0 Å². The molecule has 24 heavy (non-hydrogen) atoms. The van der Waals surface area contributed by atoms with E-state index in [1.54, 1.807) is 7.11 Å². The van der Waals surface area contributed by atoms with Crippen molar-refractivity contribution < 1.29 is 9.94 Å². The van der Waals surface area contributed by atoms with Crippen LogP contribution in [0.4, 0.5) is 0 Å². The summed E-state index contributed by atoms with van der Waals surface area (Å²) in [6.07, 6.45) is 2.40. The van der Waals surface area contributed by atoms with Gasteiger partial charge in [-0.3, -0.25) is 0 Å². The van der Waals surface area contributed by atoms with E-state index in [0.29, 0.717) is 25.7 Å². The third-order valence-corrected chi connectivity index (χ3v) is 10.4. The Bertz CT molecular complexity index is 630. The SMILES string of the molecule is COC(C)(C[Se][C@@H]1/C(=N/O)[C@]2(C)CC[C@H]1C2(C)C)c1ccccc1. The Hall–Kier alpha value is -0.831. The summed E-state index contributed by atoms with van der Waals surface area (Å²) in [5.74, 6) is 0.630. The molecule has 4 heteroatoms. The molecule has 2 aliphatic carbocycles. The molecule has 2 fully saturated rings. The molecule has 0 amide bonds. The van der Waals surface area contributed by atoms with E-state index in [0.717, 1.165) is 17.5 Å². The maximum absolute atomic E-state index is 9.73. The zero-order valence-corrected chi connectivity index (χ0v) is 17.1. The average Bonchev–Trinajstić information content (AvgIpc) is 2.91. The van der Waals surface area contributed by atoms with Crippen LogP contribution in [0.3, 0.4) is 0 Å². The summed E-state index contributed by atoms with van der Waals surface area (Å²) in [7, 11) is 1.80. The summed E-state index contributed by atoms with van der Waals surface area (Å²) < 4.78 is 5.92. The van der Waals surface area contributed by atoms with Gasteiger partial charge in [-0.25, -0.2) is 0 Å². The Morgan fingerprint density at radius 1 is 1.29 bits per heavy atom. The second-order valence-electron chi connectivity index (χ2n) is 8.22. The van der Waals surface area contributed by atoms with Gasteiger partial charge in [0, 0.05) is 0 Å². The fourth-order valence-electron chi connectivity index (χ4n) is 4.69.